The normalized spacial score (nSPS) is 14.7. The lowest BCUT2D eigenvalue weighted by molar-refractivity contribution is 0.0184. The number of aromatic nitrogens is 2. The molecular formula is C28H41N5O7S. The average Bonchev–Trinajstić information content (AvgIpc) is 3.24. The number of hydrogen-bond donors (Lipinski definition) is 2. The van der Waals surface area contributed by atoms with E-state index in [1.54, 1.807) is 9.58 Å². The first kappa shape index (κ1) is 31.9. The summed E-state index contributed by atoms with van der Waals surface area (Å²) in [7, 11) is -3.61. The molecule has 0 saturated carbocycles. The molecule has 1 aliphatic rings. The number of sulfone groups is 1. The van der Waals surface area contributed by atoms with Gasteiger partial charge < -0.3 is 25.4 Å². The second-order valence-electron chi connectivity index (χ2n) is 11.6. The van der Waals surface area contributed by atoms with Gasteiger partial charge in [0.2, 0.25) is 0 Å². The third kappa shape index (κ3) is 7.99. The van der Waals surface area contributed by atoms with Gasteiger partial charge in [0, 0.05) is 19.3 Å². The lowest BCUT2D eigenvalue weighted by Gasteiger charge is -2.34. The largest absolute Gasteiger partial charge is 0.492 e. The van der Waals surface area contributed by atoms with Crippen molar-refractivity contribution in [3.05, 3.63) is 35.2 Å². The van der Waals surface area contributed by atoms with E-state index in [-0.39, 0.29) is 45.6 Å². The molecule has 1 aromatic heterocycles. The molecule has 3 amide bonds. The first-order chi connectivity index (χ1) is 19.0. The van der Waals surface area contributed by atoms with Crippen LogP contribution in [0.3, 0.4) is 0 Å². The highest BCUT2D eigenvalue weighted by atomic mass is 32.2. The molecule has 13 heteroatoms. The number of rotatable bonds is 9. The van der Waals surface area contributed by atoms with Gasteiger partial charge in [-0.25, -0.2) is 13.2 Å². The molecule has 0 bridgehead atoms. The van der Waals surface area contributed by atoms with Crippen molar-refractivity contribution in [1.29, 1.82) is 0 Å². The lowest BCUT2D eigenvalue weighted by atomic mass is 10.0. The monoisotopic (exact) mass is 591 g/mol. The Morgan fingerprint density at radius 1 is 1.17 bits per heavy atom. The van der Waals surface area contributed by atoms with Crippen molar-refractivity contribution in [2.24, 2.45) is 11.7 Å². The number of nitrogens with one attached hydrogen (secondary N) is 1. The predicted octanol–water partition coefficient (Wildman–Crippen LogP) is 3.81. The third-order valence-corrected chi connectivity index (χ3v) is 7.58. The van der Waals surface area contributed by atoms with E-state index in [1.165, 1.54) is 18.2 Å². The van der Waals surface area contributed by atoms with Crippen LogP contribution in [0.1, 0.15) is 87.0 Å². The number of nitrogens with two attached hydrogens (primary N) is 1. The van der Waals surface area contributed by atoms with E-state index in [4.69, 9.17) is 15.2 Å². The predicted molar refractivity (Wildman–Crippen MR) is 154 cm³/mol. The Labute approximate surface area is 241 Å². The van der Waals surface area contributed by atoms with Gasteiger partial charge in [0.1, 0.15) is 11.4 Å². The summed E-state index contributed by atoms with van der Waals surface area (Å²) in [6.45, 7) is 12.4. The molecule has 0 aliphatic carbocycles. The zero-order valence-electron chi connectivity index (χ0n) is 24.8. The molecular weight excluding hydrogens is 550 g/mol. The van der Waals surface area contributed by atoms with Crippen LogP contribution in [0, 0.1) is 5.92 Å². The Bertz CT molecular complexity index is 1400. The highest BCUT2D eigenvalue weighted by Gasteiger charge is 2.32. The van der Waals surface area contributed by atoms with E-state index in [9.17, 15) is 22.8 Å². The van der Waals surface area contributed by atoms with Gasteiger partial charge in [-0.2, -0.15) is 5.10 Å². The van der Waals surface area contributed by atoms with Gasteiger partial charge >= 0.3 is 6.09 Å². The zero-order valence-corrected chi connectivity index (χ0v) is 25.6. The molecule has 1 aliphatic heterocycles. The second kappa shape index (κ2) is 12.5. The van der Waals surface area contributed by atoms with Crippen LogP contribution < -0.4 is 15.8 Å². The average molecular weight is 592 g/mol. The van der Waals surface area contributed by atoms with Crippen molar-refractivity contribution >= 4 is 33.4 Å². The van der Waals surface area contributed by atoms with Crippen LogP contribution in [0.2, 0.25) is 0 Å². The van der Waals surface area contributed by atoms with Crippen molar-refractivity contribution in [3.63, 3.8) is 0 Å². The highest BCUT2D eigenvalue weighted by molar-refractivity contribution is 7.90. The Kier molecular flexibility index (Phi) is 9.73. The lowest BCUT2D eigenvalue weighted by Crippen LogP contribution is -2.42. The maximum absolute atomic E-state index is 13.6. The SMILES string of the molecule is CCc1c(NC(=O)c2cc(S(C)(=O)=O)ccc2OCC(C)C)c(C(N)=O)nn1C1CCN(C(=O)OC(C)(C)C)CC1. The van der Waals surface area contributed by atoms with E-state index in [0.717, 1.165) is 6.26 Å². The molecule has 226 valence electrons. The van der Waals surface area contributed by atoms with Gasteiger partial charge in [0.25, 0.3) is 11.8 Å². The minimum absolute atomic E-state index is 0.00414. The Hall–Kier alpha value is -3.61. The van der Waals surface area contributed by atoms with E-state index in [2.05, 4.69) is 10.4 Å². The third-order valence-electron chi connectivity index (χ3n) is 6.47. The van der Waals surface area contributed by atoms with Crippen molar-refractivity contribution in [3.8, 4) is 5.75 Å². The molecule has 12 nitrogen and oxygen atoms in total. The van der Waals surface area contributed by atoms with Crippen LogP contribution >= 0.6 is 0 Å². The Balaban J connectivity index is 1.93. The number of amides is 3. The van der Waals surface area contributed by atoms with Crippen molar-refractivity contribution < 1.29 is 32.3 Å². The maximum atomic E-state index is 13.6. The fourth-order valence-electron chi connectivity index (χ4n) is 4.51. The van der Waals surface area contributed by atoms with Gasteiger partial charge in [-0.15, -0.1) is 0 Å². The van der Waals surface area contributed by atoms with E-state index >= 15 is 0 Å². The van der Waals surface area contributed by atoms with Gasteiger partial charge in [-0.3, -0.25) is 14.3 Å². The topological polar surface area (TPSA) is 163 Å². The van der Waals surface area contributed by atoms with Crippen molar-refractivity contribution in [2.45, 2.75) is 77.3 Å². The maximum Gasteiger partial charge on any atom is 0.410 e. The highest BCUT2D eigenvalue weighted by Crippen LogP contribution is 2.32. The summed E-state index contributed by atoms with van der Waals surface area (Å²) < 4.78 is 37.4. The van der Waals surface area contributed by atoms with Crippen LogP contribution in [-0.2, 0) is 21.0 Å². The quantitative estimate of drug-likeness (QED) is 0.445. The number of anilines is 1. The molecule has 1 saturated heterocycles. The molecule has 3 rings (SSSR count). The van der Waals surface area contributed by atoms with E-state index in [1.807, 2.05) is 41.5 Å². The molecule has 0 radical (unpaired) electrons. The first-order valence-corrected chi connectivity index (χ1v) is 15.6. The number of carbonyl (C=O) groups excluding carboxylic acids is 3. The van der Waals surface area contributed by atoms with Crippen LogP contribution in [-0.4, -0.2) is 72.6 Å². The summed E-state index contributed by atoms with van der Waals surface area (Å²) in [6, 6.07) is 3.94. The van der Waals surface area contributed by atoms with Gasteiger partial charge in [0.15, 0.2) is 15.5 Å². The van der Waals surface area contributed by atoms with Crippen molar-refractivity contribution in [1.82, 2.24) is 14.7 Å². The summed E-state index contributed by atoms with van der Waals surface area (Å²) in [5.74, 6) is -1.11. The molecule has 1 fully saturated rings. The number of ether oxygens (including phenoxy) is 2. The molecule has 0 spiro atoms. The molecule has 41 heavy (non-hydrogen) atoms. The minimum atomic E-state index is -3.61. The number of piperidine rings is 1. The number of nitrogens with zero attached hydrogens (tertiary/aromatic N) is 3. The Morgan fingerprint density at radius 3 is 2.32 bits per heavy atom. The fourth-order valence-corrected chi connectivity index (χ4v) is 5.16. The molecule has 1 aromatic carbocycles. The number of primary amides is 1. The van der Waals surface area contributed by atoms with E-state index < -0.39 is 27.3 Å². The zero-order chi connectivity index (χ0) is 30.7. The number of likely N-dealkylation sites (tertiary alicyclic amines) is 1. The van der Waals surface area contributed by atoms with Crippen LogP contribution in [0.15, 0.2) is 23.1 Å². The second-order valence-corrected chi connectivity index (χ2v) is 13.6. The summed E-state index contributed by atoms with van der Waals surface area (Å²) >= 11 is 0. The molecule has 0 atom stereocenters. The molecule has 2 heterocycles. The summed E-state index contributed by atoms with van der Waals surface area (Å²) in [6.07, 6.45) is 2.20. The van der Waals surface area contributed by atoms with Gasteiger partial charge in [-0.1, -0.05) is 20.8 Å². The standard InChI is InChI=1S/C28H41N5O7S/c1-8-21-23(30-26(35)20-15-19(41(7,37)38)9-10-22(20)39-16-17(2)3)24(25(29)34)31-33(21)18-11-13-32(14-12-18)27(36)40-28(4,5)6/h9-10,15,17-18H,8,11-14,16H2,1-7H3,(H2,29,34)(H,30,35). The minimum Gasteiger partial charge on any atom is -0.492 e. The first-order valence-electron chi connectivity index (χ1n) is 13.7. The number of hydrogen-bond acceptors (Lipinski definition) is 8. The number of carbonyl (C=O) groups is 3. The molecule has 2 aromatic rings. The van der Waals surface area contributed by atoms with Crippen LogP contribution in [0.4, 0.5) is 10.5 Å². The van der Waals surface area contributed by atoms with Crippen molar-refractivity contribution in [2.75, 3.05) is 31.3 Å². The number of benzene rings is 1. The smallest absolute Gasteiger partial charge is 0.410 e. The molecule has 0 unspecified atom stereocenters. The van der Waals surface area contributed by atoms with Crippen LogP contribution in [0.5, 0.6) is 5.75 Å². The van der Waals surface area contributed by atoms with E-state index in [0.29, 0.717) is 44.7 Å². The summed E-state index contributed by atoms with van der Waals surface area (Å²) in [5, 5.41) is 7.25. The van der Waals surface area contributed by atoms with Crippen LogP contribution in [0.25, 0.3) is 0 Å². The Morgan fingerprint density at radius 2 is 1.80 bits per heavy atom. The summed E-state index contributed by atoms with van der Waals surface area (Å²) in [4.78, 5) is 40.1. The van der Waals surface area contributed by atoms with Gasteiger partial charge in [0.05, 0.1) is 34.5 Å². The fraction of sp³-hybridized carbons (Fsp3) is 0.571. The molecule has 3 N–H and O–H groups in total. The summed E-state index contributed by atoms with van der Waals surface area (Å²) in [5.41, 5.74) is 5.72. The van der Waals surface area contributed by atoms with Gasteiger partial charge in [-0.05, 0) is 64.2 Å².